The Morgan fingerprint density at radius 3 is 2.93 bits per heavy atom. The summed E-state index contributed by atoms with van der Waals surface area (Å²) in [5, 5.41) is 0. The standard InChI is InChI=1S/C9H13FN4O/c1-14(7-4-15-3-6(7)10)9-2-8(11)12-5-13-9/h2,5-7H,3-4H2,1H3,(H2,11,12,13)/t6-,7-/m1/s1. The molecule has 2 heterocycles. The van der Waals surface area contributed by atoms with E-state index in [1.807, 2.05) is 0 Å². The number of anilines is 2. The molecule has 1 aliphatic heterocycles. The van der Waals surface area contributed by atoms with Crippen molar-refractivity contribution < 1.29 is 9.13 Å². The lowest BCUT2D eigenvalue weighted by Gasteiger charge is -2.25. The van der Waals surface area contributed by atoms with E-state index in [-0.39, 0.29) is 12.6 Å². The van der Waals surface area contributed by atoms with Crippen LogP contribution < -0.4 is 10.6 Å². The van der Waals surface area contributed by atoms with Crippen LogP contribution in [0.2, 0.25) is 0 Å². The van der Waals surface area contributed by atoms with Crippen LogP contribution in [-0.2, 0) is 4.74 Å². The molecule has 2 rings (SSSR count). The van der Waals surface area contributed by atoms with E-state index in [0.717, 1.165) is 0 Å². The lowest BCUT2D eigenvalue weighted by Crippen LogP contribution is -2.39. The molecule has 1 aliphatic rings. The van der Waals surface area contributed by atoms with Crippen molar-refractivity contribution in [1.82, 2.24) is 9.97 Å². The summed E-state index contributed by atoms with van der Waals surface area (Å²) in [6, 6.07) is 1.32. The molecule has 0 radical (unpaired) electrons. The minimum absolute atomic E-state index is 0.148. The summed E-state index contributed by atoms with van der Waals surface area (Å²) in [5.74, 6) is 0.988. The molecule has 15 heavy (non-hydrogen) atoms. The zero-order valence-electron chi connectivity index (χ0n) is 8.43. The molecule has 0 amide bonds. The molecule has 6 heteroatoms. The van der Waals surface area contributed by atoms with Crippen LogP contribution in [0.25, 0.3) is 0 Å². The Morgan fingerprint density at radius 1 is 1.53 bits per heavy atom. The van der Waals surface area contributed by atoms with Crippen LogP contribution in [0.3, 0.4) is 0 Å². The number of ether oxygens (including phenoxy) is 1. The molecule has 0 aliphatic carbocycles. The van der Waals surface area contributed by atoms with Crippen molar-refractivity contribution in [2.75, 3.05) is 30.9 Å². The second-order valence-corrected chi connectivity index (χ2v) is 3.53. The summed E-state index contributed by atoms with van der Waals surface area (Å²) in [6.45, 7) is 0.525. The van der Waals surface area contributed by atoms with E-state index >= 15 is 0 Å². The minimum atomic E-state index is -0.980. The van der Waals surface area contributed by atoms with Crippen LogP contribution in [0, 0.1) is 0 Å². The van der Waals surface area contributed by atoms with Gasteiger partial charge in [0.05, 0.1) is 19.3 Å². The van der Waals surface area contributed by atoms with Gasteiger partial charge in [0.2, 0.25) is 0 Å². The van der Waals surface area contributed by atoms with Gasteiger partial charge in [-0.2, -0.15) is 0 Å². The van der Waals surface area contributed by atoms with Gasteiger partial charge < -0.3 is 15.4 Å². The maximum atomic E-state index is 13.4. The van der Waals surface area contributed by atoms with Crippen LogP contribution in [0.5, 0.6) is 0 Å². The lowest BCUT2D eigenvalue weighted by molar-refractivity contribution is 0.173. The van der Waals surface area contributed by atoms with Gasteiger partial charge in [-0.05, 0) is 0 Å². The largest absolute Gasteiger partial charge is 0.384 e. The molecule has 1 aromatic heterocycles. The molecule has 2 N–H and O–H groups in total. The van der Waals surface area contributed by atoms with Gasteiger partial charge in [-0.1, -0.05) is 0 Å². The molecular formula is C9H13FN4O. The quantitative estimate of drug-likeness (QED) is 0.760. The summed E-state index contributed by atoms with van der Waals surface area (Å²) >= 11 is 0. The number of hydrogen-bond donors (Lipinski definition) is 1. The van der Waals surface area contributed by atoms with Gasteiger partial charge in [0.1, 0.15) is 24.1 Å². The van der Waals surface area contributed by atoms with E-state index in [1.54, 1.807) is 18.0 Å². The summed E-state index contributed by atoms with van der Waals surface area (Å²) < 4.78 is 18.4. The molecule has 1 saturated heterocycles. The van der Waals surface area contributed by atoms with E-state index in [4.69, 9.17) is 10.5 Å². The van der Waals surface area contributed by atoms with E-state index < -0.39 is 6.17 Å². The van der Waals surface area contributed by atoms with Crippen molar-refractivity contribution in [2.24, 2.45) is 0 Å². The predicted molar refractivity (Wildman–Crippen MR) is 54.4 cm³/mol. The van der Waals surface area contributed by atoms with E-state index in [2.05, 4.69) is 9.97 Å². The van der Waals surface area contributed by atoms with E-state index in [9.17, 15) is 4.39 Å². The first-order valence-corrected chi connectivity index (χ1v) is 4.70. The molecule has 0 spiro atoms. The summed E-state index contributed by atoms with van der Waals surface area (Å²) in [5.41, 5.74) is 5.53. The monoisotopic (exact) mass is 212 g/mol. The van der Waals surface area contributed by atoms with Crippen molar-refractivity contribution in [3.05, 3.63) is 12.4 Å². The highest BCUT2D eigenvalue weighted by Crippen LogP contribution is 2.20. The first-order chi connectivity index (χ1) is 7.18. The van der Waals surface area contributed by atoms with Gasteiger partial charge in [-0.25, -0.2) is 14.4 Å². The number of hydrogen-bond acceptors (Lipinski definition) is 5. The van der Waals surface area contributed by atoms with Gasteiger partial charge in [-0.15, -0.1) is 0 Å². The fraction of sp³-hybridized carbons (Fsp3) is 0.556. The SMILES string of the molecule is CN(c1cc(N)ncn1)[C@@H]1COC[C@H]1F. The van der Waals surface area contributed by atoms with Crippen LogP contribution >= 0.6 is 0 Å². The Morgan fingerprint density at radius 2 is 2.33 bits per heavy atom. The smallest absolute Gasteiger partial charge is 0.146 e. The van der Waals surface area contributed by atoms with Gasteiger partial charge in [0, 0.05) is 13.1 Å². The van der Waals surface area contributed by atoms with Crippen molar-refractivity contribution >= 4 is 11.6 Å². The molecule has 0 unspecified atom stereocenters. The number of halogens is 1. The summed E-state index contributed by atoms with van der Waals surface area (Å²) in [6.07, 6.45) is 0.385. The molecule has 2 atom stereocenters. The third-order valence-electron chi connectivity index (χ3n) is 2.52. The third kappa shape index (κ3) is 1.99. The van der Waals surface area contributed by atoms with Crippen LogP contribution in [0.1, 0.15) is 0 Å². The predicted octanol–water partition coefficient (Wildman–Crippen LogP) is 0.232. The average molecular weight is 212 g/mol. The number of nitrogens with two attached hydrogens (primary N) is 1. The van der Waals surface area contributed by atoms with E-state index in [0.29, 0.717) is 18.2 Å². The van der Waals surface area contributed by atoms with Crippen LogP contribution in [0.15, 0.2) is 12.4 Å². The number of nitrogen functional groups attached to an aromatic ring is 1. The van der Waals surface area contributed by atoms with Gasteiger partial charge in [-0.3, -0.25) is 0 Å². The minimum Gasteiger partial charge on any atom is -0.384 e. The van der Waals surface area contributed by atoms with E-state index in [1.165, 1.54) is 6.33 Å². The third-order valence-corrected chi connectivity index (χ3v) is 2.52. The fourth-order valence-electron chi connectivity index (χ4n) is 1.60. The number of aromatic nitrogens is 2. The normalized spacial score (nSPS) is 25.5. The Hall–Kier alpha value is -1.43. The number of likely N-dealkylation sites (N-methyl/N-ethyl adjacent to an activating group) is 1. The van der Waals surface area contributed by atoms with Crippen molar-refractivity contribution in [3.8, 4) is 0 Å². The molecule has 82 valence electrons. The molecule has 0 bridgehead atoms. The molecule has 5 nitrogen and oxygen atoms in total. The summed E-state index contributed by atoms with van der Waals surface area (Å²) in [7, 11) is 1.77. The Bertz CT molecular complexity index is 349. The Labute approximate surface area is 87.1 Å². The number of alkyl halides is 1. The average Bonchev–Trinajstić information content (AvgIpc) is 2.63. The van der Waals surface area contributed by atoms with Crippen molar-refractivity contribution in [1.29, 1.82) is 0 Å². The molecule has 1 fully saturated rings. The van der Waals surface area contributed by atoms with Gasteiger partial charge in [0.15, 0.2) is 0 Å². The van der Waals surface area contributed by atoms with Crippen LogP contribution in [-0.4, -0.2) is 42.4 Å². The molecule has 0 aromatic carbocycles. The summed E-state index contributed by atoms with van der Waals surface area (Å²) in [4.78, 5) is 9.55. The Balaban J connectivity index is 2.16. The molecule has 1 aromatic rings. The zero-order chi connectivity index (χ0) is 10.8. The number of rotatable bonds is 2. The first kappa shape index (κ1) is 10.1. The number of nitrogens with zero attached hydrogens (tertiary/aromatic N) is 3. The van der Waals surface area contributed by atoms with Gasteiger partial charge >= 0.3 is 0 Å². The lowest BCUT2D eigenvalue weighted by atomic mass is 10.2. The molecule has 0 saturated carbocycles. The maximum absolute atomic E-state index is 13.4. The highest BCUT2D eigenvalue weighted by Gasteiger charge is 2.32. The van der Waals surface area contributed by atoms with Crippen LogP contribution in [0.4, 0.5) is 16.0 Å². The second-order valence-electron chi connectivity index (χ2n) is 3.53. The highest BCUT2D eigenvalue weighted by molar-refractivity contribution is 5.46. The first-order valence-electron chi connectivity index (χ1n) is 4.70. The fourth-order valence-corrected chi connectivity index (χ4v) is 1.60. The van der Waals surface area contributed by atoms with Gasteiger partial charge in [0.25, 0.3) is 0 Å². The Kier molecular flexibility index (Phi) is 2.68. The maximum Gasteiger partial charge on any atom is 0.146 e. The zero-order valence-corrected chi connectivity index (χ0v) is 8.43. The van der Waals surface area contributed by atoms with Crippen molar-refractivity contribution in [3.63, 3.8) is 0 Å². The van der Waals surface area contributed by atoms with Crippen molar-refractivity contribution in [2.45, 2.75) is 12.2 Å². The highest BCUT2D eigenvalue weighted by atomic mass is 19.1. The molecular weight excluding hydrogens is 199 g/mol. The topological polar surface area (TPSA) is 64.3 Å². The second kappa shape index (κ2) is 3.98.